The molecule has 0 amide bonds. The van der Waals surface area contributed by atoms with Crippen LogP contribution < -0.4 is 0 Å². The molecular weight excluding hydrogens is 539 g/mol. The van der Waals surface area contributed by atoms with Gasteiger partial charge in [0, 0.05) is 27.7 Å². The standard InChI is InChI=1S/2C2HF6P.Hg/c2*3-1(4,5)9-2(6,7)8;/h2*9H;. The minimum atomic E-state index is -5.11. The summed E-state index contributed by atoms with van der Waals surface area (Å²) in [5.41, 5.74) is 0. The molecule has 15 heteroatoms. The van der Waals surface area contributed by atoms with Gasteiger partial charge in [0.2, 0.25) is 0 Å². The summed E-state index contributed by atoms with van der Waals surface area (Å²) in [6.07, 6.45) is 0. The zero-order chi connectivity index (χ0) is 15.4. The molecule has 0 radical (unpaired) electrons. The minimum Gasteiger partial charge on any atom is -0.167 e. The van der Waals surface area contributed by atoms with Crippen molar-refractivity contribution in [1.29, 1.82) is 0 Å². The van der Waals surface area contributed by atoms with Crippen molar-refractivity contribution < 1.29 is 80.4 Å². The van der Waals surface area contributed by atoms with Gasteiger partial charge in [-0.25, -0.2) is 0 Å². The zero-order valence-electron chi connectivity index (χ0n) is 8.24. The Morgan fingerprint density at radius 1 is 0.368 bits per heavy atom. The van der Waals surface area contributed by atoms with Gasteiger partial charge in [0.1, 0.15) is 17.2 Å². The third kappa shape index (κ3) is 32.5. The fourth-order valence-electron chi connectivity index (χ4n) is 0.321. The molecule has 0 aliphatic heterocycles. The van der Waals surface area contributed by atoms with Crippen LogP contribution in [0.5, 0.6) is 0 Å². The van der Waals surface area contributed by atoms with E-state index in [9.17, 15) is 52.7 Å². The van der Waals surface area contributed by atoms with Crippen LogP contribution in [-0.4, -0.2) is 23.7 Å². The van der Waals surface area contributed by atoms with Gasteiger partial charge < -0.3 is 0 Å². The van der Waals surface area contributed by atoms with Gasteiger partial charge in [-0.3, -0.25) is 0 Å². The van der Waals surface area contributed by atoms with Crippen molar-refractivity contribution in [3.05, 3.63) is 0 Å². The third-order valence-electron chi connectivity index (χ3n) is 0.567. The number of rotatable bonds is 0. The average molecular weight is 541 g/mol. The monoisotopic (exact) mass is 542 g/mol. The Morgan fingerprint density at radius 2 is 0.474 bits per heavy atom. The average Bonchev–Trinajstić information content (AvgIpc) is 1.64. The molecule has 0 saturated heterocycles. The topological polar surface area (TPSA) is 0 Å². The van der Waals surface area contributed by atoms with E-state index >= 15 is 0 Å². The fraction of sp³-hybridized carbons (Fsp3) is 1.00. The molecule has 0 heterocycles. The second-order valence-corrected chi connectivity index (χ2v) is 5.01. The maximum atomic E-state index is 10.8. The SMILES string of the molecule is FC(F)(F)PC(F)(F)F.FC(F)(F)PC(F)(F)F.[Hg]. The normalized spacial score (nSPS) is 13.3. The van der Waals surface area contributed by atoms with Gasteiger partial charge in [-0.15, -0.1) is 0 Å². The molecule has 0 fully saturated rings. The van der Waals surface area contributed by atoms with Crippen molar-refractivity contribution in [2.45, 2.75) is 23.7 Å². The van der Waals surface area contributed by atoms with Crippen molar-refractivity contribution in [3.8, 4) is 0 Å². The van der Waals surface area contributed by atoms with E-state index in [0.29, 0.717) is 0 Å². The second-order valence-electron chi connectivity index (χ2n) is 2.24. The van der Waals surface area contributed by atoms with Gasteiger partial charge in [-0.05, 0) is 0 Å². The van der Waals surface area contributed by atoms with E-state index in [-0.39, 0.29) is 27.7 Å². The van der Waals surface area contributed by atoms with Crippen LogP contribution in [0.4, 0.5) is 52.7 Å². The van der Waals surface area contributed by atoms with Crippen LogP contribution in [-0.2, 0) is 27.7 Å². The molecule has 114 valence electrons. The Labute approximate surface area is 121 Å². The number of halogens is 12. The largest absolute Gasteiger partial charge is 0.411 e. The summed E-state index contributed by atoms with van der Waals surface area (Å²) in [6.45, 7) is 0. The van der Waals surface area contributed by atoms with Gasteiger partial charge in [-0.2, -0.15) is 52.7 Å². The van der Waals surface area contributed by atoms with E-state index in [1.807, 2.05) is 0 Å². The van der Waals surface area contributed by atoms with Crippen LogP contribution in [0.1, 0.15) is 0 Å². The van der Waals surface area contributed by atoms with Crippen LogP contribution in [0.2, 0.25) is 0 Å². The minimum absolute atomic E-state index is 0. The number of alkyl halides is 12. The first kappa shape index (κ1) is 24.9. The molecule has 0 bridgehead atoms. The molecule has 0 rings (SSSR count). The maximum absolute atomic E-state index is 10.8. The summed E-state index contributed by atoms with van der Waals surface area (Å²) in [4.78, 5) is 0. The third-order valence-corrected chi connectivity index (χ3v) is 1.70. The van der Waals surface area contributed by atoms with Gasteiger partial charge in [0.15, 0.2) is 0 Å². The summed E-state index contributed by atoms with van der Waals surface area (Å²) in [5.74, 6) is -20.5. The molecule has 0 aromatic rings. The Balaban J connectivity index is -0.000000256. The smallest absolute Gasteiger partial charge is 0.167 e. The Kier molecular flexibility index (Phi) is 11.0. The van der Waals surface area contributed by atoms with Gasteiger partial charge in [0.25, 0.3) is 0 Å². The van der Waals surface area contributed by atoms with Crippen LogP contribution in [0.3, 0.4) is 0 Å². The van der Waals surface area contributed by atoms with Gasteiger partial charge in [-0.1, -0.05) is 0 Å². The predicted octanol–water partition coefficient (Wildman–Crippen LogP) is 5.41. The molecule has 0 aromatic heterocycles. The van der Waals surface area contributed by atoms with Crippen molar-refractivity contribution >= 4 is 17.2 Å². The summed E-state index contributed by atoms with van der Waals surface area (Å²) in [5, 5.41) is 0. The molecule has 0 atom stereocenters. The molecule has 0 N–H and O–H groups in total. The summed E-state index contributed by atoms with van der Waals surface area (Å²) >= 11 is 0. The van der Waals surface area contributed by atoms with E-state index in [1.165, 1.54) is 0 Å². The van der Waals surface area contributed by atoms with Crippen molar-refractivity contribution in [2.75, 3.05) is 0 Å². The number of hydrogen-bond donors (Lipinski definition) is 0. The molecule has 0 saturated carbocycles. The van der Waals surface area contributed by atoms with Crippen LogP contribution >= 0.6 is 17.2 Å². The van der Waals surface area contributed by atoms with Crippen LogP contribution in [0, 0.1) is 0 Å². The van der Waals surface area contributed by atoms with Crippen molar-refractivity contribution in [3.63, 3.8) is 0 Å². The van der Waals surface area contributed by atoms with E-state index in [1.54, 1.807) is 0 Å². The first-order valence-electron chi connectivity index (χ1n) is 3.27. The molecular formula is C4H2F12HgP2. The molecule has 0 spiro atoms. The fourth-order valence-corrected chi connectivity index (χ4v) is 0.964. The molecule has 19 heavy (non-hydrogen) atoms. The van der Waals surface area contributed by atoms with Crippen molar-refractivity contribution in [1.82, 2.24) is 0 Å². The Hall–Kier alpha value is 0.955. The molecule has 0 nitrogen and oxygen atoms in total. The van der Waals surface area contributed by atoms with Crippen molar-refractivity contribution in [2.24, 2.45) is 0 Å². The molecule has 0 aliphatic carbocycles. The first-order valence-corrected chi connectivity index (χ1v) is 5.27. The maximum Gasteiger partial charge on any atom is 0.411 e. The summed E-state index contributed by atoms with van der Waals surface area (Å²) in [7, 11) is -5.90. The van der Waals surface area contributed by atoms with E-state index < -0.39 is 40.8 Å². The quantitative estimate of drug-likeness (QED) is 0.219. The first-order chi connectivity index (χ1) is 7.41. The van der Waals surface area contributed by atoms with E-state index in [4.69, 9.17) is 0 Å². The second kappa shape index (κ2) is 8.41. The Bertz CT molecular complexity index is 184. The Morgan fingerprint density at radius 3 is 0.474 bits per heavy atom. The molecule has 0 aliphatic rings. The molecule has 0 aromatic carbocycles. The molecule has 0 unspecified atom stereocenters. The number of hydrogen-bond acceptors (Lipinski definition) is 0. The van der Waals surface area contributed by atoms with Gasteiger partial charge in [0.05, 0.1) is 0 Å². The van der Waals surface area contributed by atoms with E-state index in [2.05, 4.69) is 0 Å². The summed E-state index contributed by atoms with van der Waals surface area (Å²) < 4.78 is 130. The zero-order valence-corrected chi connectivity index (χ0v) is 15.7. The van der Waals surface area contributed by atoms with Crippen LogP contribution in [0.15, 0.2) is 0 Å². The summed E-state index contributed by atoms with van der Waals surface area (Å²) in [6, 6.07) is 0. The van der Waals surface area contributed by atoms with E-state index in [0.717, 1.165) is 0 Å². The van der Waals surface area contributed by atoms with Gasteiger partial charge >= 0.3 is 23.7 Å². The van der Waals surface area contributed by atoms with Crippen LogP contribution in [0.25, 0.3) is 0 Å². The predicted molar refractivity (Wildman–Crippen MR) is 40.9 cm³/mol.